The molecule has 0 saturated heterocycles. The van der Waals surface area contributed by atoms with Gasteiger partial charge < -0.3 is 10.3 Å². The van der Waals surface area contributed by atoms with Crippen LogP contribution >= 0.6 is 0 Å². The van der Waals surface area contributed by atoms with Crippen LogP contribution in [0.25, 0.3) is 50.4 Å². The molecule has 0 radical (unpaired) electrons. The zero-order valence-corrected chi connectivity index (χ0v) is 22.6. The normalized spacial score (nSPS) is 13.1. The average molecular weight is 521 g/mol. The maximum Gasteiger partial charge on any atom is 0.220 e. The standard InChI is InChI=1S/C30H32N8O/c1-18(2)14-26(39)34-19(3)11-12-20(16-31-4)21-15-23-28(37-38-29(23)33-17-21)30-35-25-10-7-8-22(27(25)36-30)24-9-5-6-13-32-24/h5-10,12-13,15-19H,11,14H2,1-4H3,(H,34,39)(H,35,36)(H,33,37,38)/b20-12+,31-16-. The molecule has 198 valence electrons. The first-order valence-corrected chi connectivity index (χ1v) is 13.1. The molecule has 0 saturated carbocycles. The van der Waals surface area contributed by atoms with Crippen molar-refractivity contribution in [3.05, 3.63) is 66.5 Å². The van der Waals surface area contributed by atoms with E-state index >= 15 is 0 Å². The maximum absolute atomic E-state index is 12.2. The molecule has 0 aliphatic rings. The van der Waals surface area contributed by atoms with Crippen LogP contribution in [0.4, 0.5) is 0 Å². The lowest BCUT2D eigenvalue weighted by molar-refractivity contribution is -0.122. The SMILES string of the molecule is C/N=C\C(=C/CC(C)NC(=O)CC(C)C)c1cnc2[nH]nc(-c3nc4c(-c5ccccn5)cccc4[nH]3)c2c1. The summed E-state index contributed by atoms with van der Waals surface area (Å²) in [4.78, 5) is 33.9. The Morgan fingerprint density at radius 3 is 2.77 bits per heavy atom. The number of aromatic nitrogens is 6. The van der Waals surface area contributed by atoms with E-state index in [2.05, 4.69) is 41.5 Å². The van der Waals surface area contributed by atoms with Crippen LogP contribution < -0.4 is 5.32 Å². The number of nitrogens with one attached hydrogen (secondary N) is 3. The second-order valence-corrected chi connectivity index (χ2v) is 10.0. The lowest BCUT2D eigenvalue weighted by Gasteiger charge is -2.13. The van der Waals surface area contributed by atoms with Gasteiger partial charge in [-0.3, -0.25) is 19.9 Å². The number of fused-ring (bicyclic) bond motifs is 2. The molecule has 0 fully saturated rings. The molecule has 4 heterocycles. The molecule has 5 rings (SSSR count). The molecule has 39 heavy (non-hydrogen) atoms. The number of allylic oxidation sites excluding steroid dienone is 1. The van der Waals surface area contributed by atoms with Gasteiger partial charge in [0.25, 0.3) is 0 Å². The van der Waals surface area contributed by atoms with Crippen molar-refractivity contribution in [2.24, 2.45) is 10.9 Å². The Bertz CT molecular complexity index is 1660. The summed E-state index contributed by atoms with van der Waals surface area (Å²) < 4.78 is 0. The van der Waals surface area contributed by atoms with Gasteiger partial charge in [-0.05, 0) is 49.1 Å². The number of H-pyrrole nitrogens is 2. The fourth-order valence-electron chi connectivity index (χ4n) is 4.57. The summed E-state index contributed by atoms with van der Waals surface area (Å²) in [5, 5.41) is 11.5. The van der Waals surface area contributed by atoms with Gasteiger partial charge in [-0.15, -0.1) is 0 Å². The van der Waals surface area contributed by atoms with Crippen molar-refractivity contribution in [1.82, 2.24) is 35.5 Å². The molecule has 9 nitrogen and oxygen atoms in total. The van der Waals surface area contributed by atoms with E-state index in [0.29, 0.717) is 35.9 Å². The molecule has 0 bridgehead atoms. The third-order valence-corrected chi connectivity index (χ3v) is 6.39. The third kappa shape index (κ3) is 5.77. The summed E-state index contributed by atoms with van der Waals surface area (Å²) in [6.45, 7) is 6.09. The molecular formula is C30H32N8O. The number of rotatable bonds is 9. The number of nitrogens with zero attached hydrogens (tertiary/aromatic N) is 5. The van der Waals surface area contributed by atoms with Crippen LogP contribution in [-0.2, 0) is 4.79 Å². The molecule has 1 unspecified atom stereocenters. The number of aliphatic imine (C=N–C) groups is 1. The van der Waals surface area contributed by atoms with Crippen molar-refractivity contribution in [3.63, 3.8) is 0 Å². The van der Waals surface area contributed by atoms with Crippen molar-refractivity contribution < 1.29 is 4.79 Å². The van der Waals surface area contributed by atoms with Gasteiger partial charge in [0.15, 0.2) is 11.5 Å². The van der Waals surface area contributed by atoms with Crippen LogP contribution in [0.3, 0.4) is 0 Å². The highest BCUT2D eigenvalue weighted by molar-refractivity contribution is 6.11. The number of carbonyl (C=O) groups is 1. The number of benzene rings is 1. The number of imidazole rings is 1. The van der Waals surface area contributed by atoms with Gasteiger partial charge in [0.05, 0.1) is 22.1 Å². The van der Waals surface area contributed by atoms with Gasteiger partial charge >= 0.3 is 0 Å². The Labute approximate surface area is 226 Å². The fourth-order valence-corrected chi connectivity index (χ4v) is 4.57. The average Bonchev–Trinajstić information content (AvgIpc) is 3.54. The molecular weight excluding hydrogens is 488 g/mol. The zero-order valence-electron chi connectivity index (χ0n) is 22.6. The van der Waals surface area contributed by atoms with Crippen molar-refractivity contribution >= 4 is 39.8 Å². The van der Waals surface area contributed by atoms with E-state index in [1.165, 1.54) is 0 Å². The number of hydrogen-bond acceptors (Lipinski definition) is 6. The Kier molecular flexibility index (Phi) is 7.58. The molecule has 9 heteroatoms. The number of para-hydroxylation sites is 1. The lowest BCUT2D eigenvalue weighted by Crippen LogP contribution is -2.32. The van der Waals surface area contributed by atoms with Crippen molar-refractivity contribution in [3.8, 4) is 22.8 Å². The quantitative estimate of drug-likeness (QED) is 0.219. The molecule has 1 aromatic carbocycles. The van der Waals surface area contributed by atoms with Crippen LogP contribution in [0.5, 0.6) is 0 Å². The number of hydrogen-bond donors (Lipinski definition) is 3. The number of aromatic amines is 2. The maximum atomic E-state index is 12.2. The van der Waals surface area contributed by atoms with E-state index in [0.717, 1.165) is 38.8 Å². The van der Waals surface area contributed by atoms with Gasteiger partial charge in [-0.25, -0.2) is 9.97 Å². The predicted octanol–water partition coefficient (Wildman–Crippen LogP) is 5.59. The second-order valence-electron chi connectivity index (χ2n) is 10.0. The minimum Gasteiger partial charge on any atom is -0.353 e. The summed E-state index contributed by atoms with van der Waals surface area (Å²) in [6, 6.07) is 13.9. The largest absolute Gasteiger partial charge is 0.353 e. The third-order valence-electron chi connectivity index (χ3n) is 6.39. The first-order valence-electron chi connectivity index (χ1n) is 13.1. The molecule has 0 spiro atoms. The highest BCUT2D eigenvalue weighted by atomic mass is 16.1. The van der Waals surface area contributed by atoms with Crippen molar-refractivity contribution in [2.75, 3.05) is 7.05 Å². The molecule has 1 atom stereocenters. The van der Waals surface area contributed by atoms with Crippen molar-refractivity contribution in [2.45, 2.75) is 39.7 Å². The molecule has 4 aromatic heterocycles. The van der Waals surface area contributed by atoms with Crippen LogP contribution in [0.15, 0.2) is 65.9 Å². The van der Waals surface area contributed by atoms with Crippen molar-refractivity contribution in [1.29, 1.82) is 0 Å². The molecule has 0 aliphatic carbocycles. The second kappa shape index (κ2) is 11.4. The van der Waals surface area contributed by atoms with Crippen LogP contribution in [0, 0.1) is 5.92 Å². The summed E-state index contributed by atoms with van der Waals surface area (Å²) in [6.07, 6.45) is 8.66. The van der Waals surface area contributed by atoms with E-state index in [4.69, 9.17) is 4.98 Å². The number of carbonyl (C=O) groups excluding carboxylic acids is 1. The first-order chi connectivity index (χ1) is 18.9. The Morgan fingerprint density at radius 2 is 2.00 bits per heavy atom. The summed E-state index contributed by atoms with van der Waals surface area (Å²) >= 11 is 0. The molecule has 3 N–H and O–H groups in total. The Morgan fingerprint density at radius 1 is 1.13 bits per heavy atom. The van der Waals surface area contributed by atoms with Gasteiger partial charge in [0.2, 0.25) is 5.91 Å². The smallest absolute Gasteiger partial charge is 0.220 e. The first kappa shape index (κ1) is 26.0. The van der Waals surface area contributed by atoms with Gasteiger partial charge in [0, 0.05) is 49.2 Å². The number of pyridine rings is 2. The Balaban J connectivity index is 1.47. The minimum absolute atomic E-state index is 0.00142. The highest BCUT2D eigenvalue weighted by Crippen LogP contribution is 2.31. The summed E-state index contributed by atoms with van der Waals surface area (Å²) in [7, 11) is 1.74. The van der Waals surface area contributed by atoms with Crippen LogP contribution in [0.2, 0.25) is 0 Å². The molecule has 0 aliphatic heterocycles. The monoisotopic (exact) mass is 520 g/mol. The molecule has 1 amide bonds. The predicted molar refractivity (Wildman–Crippen MR) is 156 cm³/mol. The summed E-state index contributed by atoms with van der Waals surface area (Å²) in [5.41, 5.74) is 6.73. The summed E-state index contributed by atoms with van der Waals surface area (Å²) in [5.74, 6) is 1.04. The van der Waals surface area contributed by atoms with Gasteiger partial charge in [-0.1, -0.05) is 38.1 Å². The van der Waals surface area contributed by atoms with Crippen LogP contribution in [-0.4, -0.2) is 55.3 Å². The number of amides is 1. The highest BCUT2D eigenvalue weighted by Gasteiger charge is 2.17. The zero-order chi connectivity index (χ0) is 27.4. The lowest BCUT2D eigenvalue weighted by atomic mass is 10.0. The van der Waals surface area contributed by atoms with E-state index < -0.39 is 0 Å². The molecule has 5 aromatic rings. The van der Waals surface area contributed by atoms with E-state index in [1.54, 1.807) is 19.4 Å². The van der Waals surface area contributed by atoms with Gasteiger partial charge in [-0.2, -0.15) is 5.10 Å². The van der Waals surface area contributed by atoms with Gasteiger partial charge in [0.1, 0.15) is 5.69 Å². The minimum atomic E-state index is 0.00142. The topological polar surface area (TPSA) is 125 Å². The van der Waals surface area contributed by atoms with E-state index in [-0.39, 0.29) is 11.9 Å². The van der Waals surface area contributed by atoms with Crippen LogP contribution in [0.1, 0.15) is 39.2 Å². The van der Waals surface area contributed by atoms with E-state index in [1.807, 2.05) is 69.5 Å². The van der Waals surface area contributed by atoms with E-state index in [9.17, 15) is 4.79 Å². The Hall–Kier alpha value is -4.66. The fraction of sp³-hybridized carbons (Fsp3) is 0.267.